The molecule has 3 nitrogen and oxygen atoms in total. The molecule has 0 saturated carbocycles. The third kappa shape index (κ3) is 2.74. The standard InChI is InChI=1S/C14H13N3Si/c1-18(2,3)7-5-13-12(9-15)8-11-4-6-16-10-14(11)17-13/h4,6,8,10H,1-3H3. The molecule has 0 aliphatic rings. The first-order valence-corrected chi connectivity index (χ1v) is 9.18. The van der Waals surface area contributed by atoms with Crippen molar-refractivity contribution in [1.82, 2.24) is 9.97 Å². The summed E-state index contributed by atoms with van der Waals surface area (Å²) in [6.45, 7) is 6.48. The summed E-state index contributed by atoms with van der Waals surface area (Å²) in [4.78, 5) is 8.45. The quantitative estimate of drug-likeness (QED) is 0.534. The Balaban J connectivity index is 2.62. The predicted octanol–water partition coefficient (Wildman–Crippen LogP) is 2.73. The van der Waals surface area contributed by atoms with E-state index in [2.05, 4.69) is 47.1 Å². The van der Waals surface area contributed by atoms with E-state index in [0.717, 1.165) is 10.9 Å². The van der Waals surface area contributed by atoms with Crippen LogP contribution in [0.25, 0.3) is 10.9 Å². The topological polar surface area (TPSA) is 49.6 Å². The van der Waals surface area contributed by atoms with E-state index >= 15 is 0 Å². The zero-order valence-corrected chi connectivity index (χ0v) is 11.7. The first-order valence-electron chi connectivity index (χ1n) is 5.68. The van der Waals surface area contributed by atoms with Crippen LogP contribution in [0.4, 0.5) is 0 Å². The Bertz CT molecular complexity index is 697. The molecule has 2 heterocycles. The van der Waals surface area contributed by atoms with Crippen molar-refractivity contribution >= 4 is 19.0 Å². The summed E-state index contributed by atoms with van der Waals surface area (Å²) in [6.07, 6.45) is 3.38. The Labute approximate surface area is 108 Å². The van der Waals surface area contributed by atoms with Gasteiger partial charge in [0.2, 0.25) is 0 Å². The number of hydrogen-bond donors (Lipinski definition) is 0. The number of hydrogen-bond acceptors (Lipinski definition) is 3. The molecule has 2 aromatic heterocycles. The van der Waals surface area contributed by atoms with Crippen LogP contribution in [0.15, 0.2) is 24.5 Å². The smallest absolute Gasteiger partial charge is 0.131 e. The van der Waals surface area contributed by atoms with Gasteiger partial charge in [-0.05, 0) is 12.1 Å². The largest absolute Gasteiger partial charge is 0.262 e. The molecule has 2 rings (SSSR count). The highest BCUT2D eigenvalue weighted by atomic mass is 28.3. The molecule has 0 bridgehead atoms. The lowest BCUT2D eigenvalue weighted by molar-refractivity contribution is 1.28. The van der Waals surface area contributed by atoms with Crippen LogP contribution in [-0.4, -0.2) is 18.0 Å². The lowest BCUT2D eigenvalue weighted by atomic mass is 10.1. The number of aromatic nitrogens is 2. The number of nitriles is 1. The summed E-state index contributed by atoms with van der Waals surface area (Å²) in [5.41, 5.74) is 5.09. The molecular formula is C14H13N3Si. The SMILES string of the molecule is C[Si](C)(C)C#Cc1nc2cnccc2cc1C#N. The average molecular weight is 251 g/mol. The van der Waals surface area contributed by atoms with Gasteiger partial charge in [-0.15, -0.1) is 5.54 Å². The van der Waals surface area contributed by atoms with E-state index in [-0.39, 0.29) is 0 Å². The highest BCUT2D eigenvalue weighted by Crippen LogP contribution is 2.14. The van der Waals surface area contributed by atoms with Crippen LogP contribution in [0.3, 0.4) is 0 Å². The molecule has 4 heteroatoms. The first kappa shape index (κ1) is 12.3. The summed E-state index contributed by atoms with van der Waals surface area (Å²) >= 11 is 0. The molecule has 0 N–H and O–H groups in total. The summed E-state index contributed by atoms with van der Waals surface area (Å²) in [6, 6.07) is 5.82. The highest BCUT2D eigenvalue weighted by Gasteiger charge is 2.09. The van der Waals surface area contributed by atoms with Gasteiger partial charge in [0.15, 0.2) is 0 Å². The van der Waals surface area contributed by atoms with Gasteiger partial charge in [-0.1, -0.05) is 25.6 Å². The summed E-state index contributed by atoms with van der Waals surface area (Å²) in [7, 11) is -1.47. The fraction of sp³-hybridized carbons (Fsp3) is 0.214. The molecule has 0 spiro atoms. The molecule has 0 aromatic carbocycles. The molecule has 0 atom stereocenters. The van der Waals surface area contributed by atoms with Crippen molar-refractivity contribution in [2.75, 3.05) is 0 Å². The maximum Gasteiger partial charge on any atom is 0.131 e. The van der Waals surface area contributed by atoms with Crippen LogP contribution < -0.4 is 0 Å². The van der Waals surface area contributed by atoms with Gasteiger partial charge >= 0.3 is 0 Å². The lowest BCUT2D eigenvalue weighted by Gasteiger charge is -2.04. The molecule has 88 valence electrons. The van der Waals surface area contributed by atoms with Gasteiger partial charge in [0.05, 0.1) is 17.3 Å². The van der Waals surface area contributed by atoms with Crippen molar-refractivity contribution in [2.45, 2.75) is 19.6 Å². The van der Waals surface area contributed by atoms with Crippen molar-refractivity contribution in [3.8, 4) is 17.5 Å². The molecule has 0 radical (unpaired) electrons. The molecule has 0 aliphatic carbocycles. The van der Waals surface area contributed by atoms with E-state index < -0.39 is 8.07 Å². The summed E-state index contributed by atoms with van der Waals surface area (Å²) in [5, 5.41) is 10.1. The number of pyridine rings is 2. The Kier molecular flexibility index (Phi) is 3.14. The van der Waals surface area contributed by atoms with Gasteiger partial charge < -0.3 is 0 Å². The second-order valence-corrected chi connectivity index (χ2v) is 9.81. The van der Waals surface area contributed by atoms with Gasteiger partial charge in [-0.3, -0.25) is 4.98 Å². The first-order chi connectivity index (χ1) is 8.49. The van der Waals surface area contributed by atoms with E-state index in [1.165, 1.54) is 0 Å². The molecule has 0 fully saturated rings. The molecular weight excluding hydrogens is 238 g/mol. The Morgan fingerprint density at radius 2 is 2.06 bits per heavy atom. The van der Waals surface area contributed by atoms with Gasteiger partial charge in [0.1, 0.15) is 19.8 Å². The molecule has 0 unspecified atom stereocenters. The highest BCUT2D eigenvalue weighted by molar-refractivity contribution is 6.83. The molecule has 0 aliphatic heterocycles. The minimum absolute atomic E-state index is 0.527. The normalized spacial score (nSPS) is 10.6. The molecule has 2 aromatic rings. The minimum atomic E-state index is -1.47. The van der Waals surface area contributed by atoms with Crippen molar-refractivity contribution in [2.24, 2.45) is 0 Å². The van der Waals surface area contributed by atoms with E-state index in [1.807, 2.05) is 12.1 Å². The van der Waals surface area contributed by atoms with Crippen molar-refractivity contribution in [1.29, 1.82) is 5.26 Å². The lowest BCUT2D eigenvalue weighted by Crippen LogP contribution is -2.16. The summed E-state index contributed by atoms with van der Waals surface area (Å²) in [5.74, 6) is 3.05. The van der Waals surface area contributed by atoms with E-state index in [0.29, 0.717) is 11.3 Å². The fourth-order valence-electron chi connectivity index (χ4n) is 1.44. The Morgan fingerprint density at radius 3 is 2.72 bits per heavy atom. The third-order valence-corrected chi connectivity index (χ3v) is 3.17. The second kappa shape index (κ2) is 4.60. The van der Waals surface area contributed by atoms with Gasteiger partial charge in [0.25, 0.3) is 0 Å². The minimum Gasteiger partial charge on any atom is -0.262 e. The van der Waals surface area contributed by atoms with E-state index in [1.54, 1.807) is 12.4 Å². The van der Waals surface area contributed by atoms with Crippen molar-refractivity contribution in [3.63, 3.8) is 0 Å². The van der Waals surface area contributed by atoms with Crippen LogP contribution in [0, 0.1) is 22.8 Å². The third-order valence-electron chi connectivity index (χ3n) is 2.30. The second-order valence-electron chi connectivity index (χ2n) is 5.06. The zero-order chi connectivity index (χ0) is 13.2. The molecule has 0 amide bonds. The number of rotatable bonds is 0. The van der Waals surface area contributed by atoms with Crippen LogP contribution in [0.5, 0.6) is 0 Å². The molecule has 18 heavy (non-hydrogen) atoms. The van der Waals surface area contributed by atoms with Crippen molar-refractivity contribution in [3.05, 3.63) is 35.8 Å². The van der Waals surface area contributed by atoms with Gasteiger partial charge in [-0.25, -0.2) is 4.98 Å². The zero-order valence-electron chi connectivity index (χ0n) is 10.7. The van der Waals surface area contributed by atoms with Crippen molar-refractivity contribution < 1.29 is 0 Å². The maximum absolute atomic E-state index is 9.15. The van der Waals surface area contributed by atoms with Crippen LogP contribution >= 0.6 is 0 Å². The van der Waals surface area contributed by atoms with Gasteiger partial charge in [0, 0.05) is 11.6 Å². The van der Waals surface area contributed by atoms with Crippen LogP contribution in [0.1, 0.15) is 11.3 Å². The van der Waals surface area contributed by atoms with E-state index in [9.17, 15) is 0 Å². The Hall–Kier alpha value is -2.17. The van der Waals surface area contributed by atoms with Gasteiger partial charge in [-0.2, -0.15) is 5.26 Å². The van der Waals surface area contributed by atoms with Crippen LogP contribution in [-0.2, 0) is 0 Å². The summed E-state index contributed by atoms with van der Waals surface area (Å²) < 4.78 is 0. The van der Waals surface area contributed by atoms with E-state index in [4.69, 9.17) is 5.26 Å². The predicted molar refractivity (Wildman–Crippen MR) is 74.5 cm³/mol. The number of nitrogens with zero attached hydrogens (tertiary/aromatic N) is 3. The maximum atomic E-state index is 9.15. The average Bonchev–Trinajstić information content (AvgIpc) is 2.34. The Morgan fingerprint density at radius 1 is 1.28 bits per heavy atom. The monoisotopic (exact) mass is 251 g/mol. The number of fused-ring (bicyclic) bond motifs is 1. The molecule has 0 saturated heterocycles. The fourth-order valence-corrected chi connectivity index (χ4v) is 1.94. The van der Waals surface area contributed by atoms with Crippen LogP contribution in [0.2, 0.25) is 19.6 Å².